The zero-order chi connectivity index (χ0) is 14.4. The summed E-state index contributed by atoms with van der Waals surface area (Å²) in [4.78, 5) is 14.6. The Morgan fingerprint density at radius 1 is 1.58 bits per heavy atom. The maximum absolute atomic E-state index is 12.0. The first-order chi connectivity index (χ1) is 8.79. The summed E-state index contributed by atoms with van der Waals surface area (Å²) in [6.45, 7) is 5.41. The van der Waals surface area contributed by atoms with Crippen LogP contribution in [0.2, 0.25) is 0 Å². The van der Waals surface area contributed by atoms with E-state index in [-0.39, 0.29) is 18.0 Å². The van der Waals surface area contributed by atoms with Gasteiger partial charge in [-0.15, -0.1) is 6.42 Å². The molecule has 0 spiro atoms. The summed E-state index contributed by atoms with van der Waals surface area (Å²) in [6, 6.07) is 0.940. The van der Waals surface area contributed by atoms with E-state index in [1.54, 1.807) is 20.0 Å². The van der Waals surface area contributed by atoms with Crippen molar-refractivity contribution in [2.75, 3.05) is 11.9 Å². The Bertz CT molecular complexity index is 544. The van der Waals surface area contributed by atoms with Gasteiger partial charge in [0, 0.05) is 13.1 Å². The maximum Gasteiger partial charge on any atom is 0.329 e. The largest absolute Gasteiger partial charge is 0.371 e. The summed E-state index contributed by atoms with van der Waals surface area (Å²) >= 11 is 0. The summed E-state index contributed by atoms with van der Waals surface area (Å²) in [6.07, 6.45) is 4.46. The second kappa shape index (κ2) is 4.28. The highest BCUT2D eigenvalue weighted by atomic mass is 16.5. The van der Waals surface area contributed by atoms with Crippen LogP contribution >= 0.6 is 0 Å². The molecule has 6 heteroatoms. The van der Waals surface area contributed by atoms with Crippen LogP contribution in [0.1, 0.15) is 26.5 Å². The molecule has 2 unspecified atom stereocenters. The third kappa shape index (κ3) is 1.96. The summed E-state index contributed by atoms with van der Waals surface area (Å²) in [5, 5.41) is 13.9. The van der Waals surface area contributed by atoms with Gasteiger partial charge in [-0.2, -0.15) is 0 Å². The van der Waals surface area contributed by atoms with Crippen molar-refractivity contribution in [3.8, 4) is 12.3 Å². The molecule has 0 saturated carbocycles. The molecule has 1 aliphatic heterocycles. The smallest absolute Gasteiger partial charge is 0.329 e. The third-order valence-electron chi connectivity index (χ3n) is 3.55. The van der Waals surface area contributed by atoms with Crippen molar-refractivity contribution in [3.05, 3.63) is 11.8 Å². The normalized spacial score (nSPS) is 23.9. The van der Waals surface area contributed by atoms with Crippen molar-refractivity contribution in [1.82, 2.24) is 10.1 Å². The van der Waals surface area contributed by atoms with Crippen molar-refractivity contribution in [2.24, 2.45) is 0 Å². The SMILES string of the molecule is C#CC(C)(C)c1cc(N2C(=O)N(C)C(C)C2O)on1. The number of aliphatic hydroxyl groups is 1. The van der Waals surface area contributed by atoms with Gasteiger partial charge in [0.05, 0.1) is 11.5 Å². The molecule has 1 aromatic heterocycles. The second-order valence-electron chi connectivity index (χ2n) is 5.24. The van der Waals surface area contributed by atoms with Gasteiger partial charge in [-0.05, 0) is 20.8 Å². The maximum atomic E-state index is 12.0. The number of aliphatic hydroxyl groups excluding tert-OH is 1. The zero-order valence-corrected chi connectivity index (χ0v) is 11.4. The first-order valence-corrected chi connectivity index (χ1v) is 5.98. The fourth-order valence-corrected chi connectivity index (χ4v) is 1.85. The first-order valence-electron chi connectivity index (χ1n) is 5.98. The molecule has 0 aliphatic carbocycles. The Hall–Kier alpha value is -2.00. The molecule has 102 valence electrons. The van der Waals surface area contributed by atoms with Gasteiger partial charge < -0.3 is 14.5 Å². The Morgan fingerprint density at radius 3 is 2.68 bits per heavy atom. The molecule has 2 atom stereocenters. The van der Waals surface area contributed by atoms with Gasteiger partial charge in [-0.3, -0.25) is 0 Å². The van der Waals surface area contributed by atoms with Crippen LogP contribution in [0.3, 0.4) is 0 Å². The molecule has 6 nitrogen and oxygen atoms in total. The lowest BCUT2D eigenvalue weighted by Gasteiger charge is -2.16. The Labute approximate surface area is 112 Å². The van der Waals surface area contributed by atoms with Gasteiger partial charge in [0.1, 0.15) is 5.69 Å². The average molecular weight is 263 g/mol. The average Bonchev–Trinajstić information content (AvgIpc) is 2.92. The van der Waals surface area contributed by atoms with Crippen LogP contribution in [0.5, 0.6) is 0 Å². The van der Waals surface area contributed by atoms with Gasteiger partial charge in [0.2, 0.25) is 5.88 Å². The van der Waals surface area contributed by atoms with E-state index < -0.39 is 11.6 Å². The van der Waals surface area contributed by atoms with Crippen molar-refractivity contribution in [2.45, 2.75) is 38.5 Å². The number of nitrogens with zero attached hydrogens (tertiary/aromatic N) is 3. The lowest BCUT2D eigenvalue weighted by molar-refractivity contribution is 0.135. The van der Waals surface area contributed by atoms with E-state index in [9.17, 15) is 9.90 Å². The summed E-state index contributed by atoms with van der Waals surface area (Å²) in [5.74, 6) is 2.80. The number of aromatic nitrogens is 1. The van der Waals surface area contributed by atoms with E-state index in [0.717, 1.165) is 0 Å². The Morgan fingerprint density at radius 2 is 2.21 bits per heavy atom. The standard InChI is InChI=1S/C13H17N3O3/c1-6-13(3,4)9-7-10(19-14-9)16-11(17)8(2)15(5)12(16)18/h1,7-8,11,17H,2-5H3. The fraction of sp³-hybridized carbons (Fsp3) is 0.538. The molecule has 1 fully saturated rings. The quantitative estimate of drug-likeness (QED) is 0.813. The predicted octanol–water partition coefficient (Wildman–Crippen LogP) is 1.16. The molecular weight excluding hydrogens is 246 g/mol. The number of amides is 2. The molecule has 1 aliphatic rings. The number of urea groups is 1. The minimum absolute atomic E-state index is 0.201. The van der Waals surface area contributed by atoms with Crippen LogP contribution < -0.4 is 4.90 Å². The van der Waals surface area contributed by atoms with Crippen molar-refractivity contribution >= 4 is 11.9 Å². The highest BCUT2D eigenvalue weighted by Gasteiger charge is 2.43. The van der Waals surface area contributed by atoms with Crippen LogP contribution in [0.4, 0.5) is 10.7 Å². The number of carbonyl (C=O) groups is 1. The highest BCUT2D eigenvalue weighted by Crippen LogP contribution is 2.30. The summed E-state index contributed by atoms with van der Waals surface area (Å²) in [5.41, 5.74) is -0.0419. The first kappa shape index (κ1) is 13.4. The Balaban J connectivity index is 2.35. The van der Waals surface area contributed by atoms with E-state index in [1.165, 1.54) is 9.80 Å². The van der Waals surface area contributed by atoms with Crippen LogP contribution in [0.25, 0.3) is 0 Å². The van der Waals surface area contributed by atoms with E-state index in [4.69, 9.17) is 10.9 Å². The molecule has 2 heterocycles. The number of carbonyl (C=O) groups excluding carboxylic acids is 1. The third-order valence-corrected chi connectivity index (χ3v) is 3.55. The monoisotopic (exact) mass is 263 g/mol. The molecule has 1 N–H and O–H groups in total. The van der Waals surface area contributed by atoms with Crippen molar-refractivity contribution in [1.29, 1.82) is 0 Å². The van der Waals surface area contributed by atoms with Crippen LogP contribution in [0.15, 0.2) is 10.6 Å². The fourth-order valence-electron chi connectivity index (χ4n) is 1.85. The van der Waals surface area contributed by atoms with Gasteiger partial charge >= 0.3 is 6.03 Å². The van der Waals surface area contributed by atoms with Crippen LogP contribution in [-0.4, -0.2) is 40.5 Å². The van der Waals surface area contributed by atoms with E-state index in [2.05, 4.69) is 11.1 Å². The molecule has 2 rings (SSSR count). The second-order valence-corrected chi connectivity index (χ2v) is 5.24. The minimum Gasteiger partial charge on any atom is -0.371 e. The van der Waals surface area contributed by atoms with Gasteiger partial charge in [-0.25, -0.2) is 9.69 Å². The molecular formula is C13H17N3O3. The van der Waals surface area contributed by atoms with E-state index in [0.29, 0.717) is 5.69 Å². The molecule has 0 bridgehead atoms. The molecule has 0 aromatic carbocycles. The van der Waals surface area contributed by atoms with Crippen LogP contribution in [0, 0.1) is 12.3 Å². The summed E-state index contributed by atoms with van der Waals surface area (Å²) in [7, 11) is 1.62. The number of hydrogen-bond acceptors (Lipinski definition) is 4. The van der Waals surface area contributed by atoms with E-state index >= 15 is 0 Å². The zero-order valence-electron chi connectivity index (χ0n) is 11.4. The predicted molar refractivity (Wildman–Crippen MR) is 69.5 cm³/mol. The minimum atomic E-state index is -0.966. The number of hydrogen-bond donors (Lipinski definition) is 1. The van der Waals surface area contributed by atoms with Gasteiger partial charge in [0.15, 0.2) is 6.23 Å². The number of rotatable bonds is 2. The molecule has 1 saturated heterocycles. The van der Waals surface area contributed by atoms with E-state index in [1.807, 2.05) is 13.8 Å². The molecule has 19 heavy (non-hydrogen) atoms. The summed E-state index contributed by atoms with van der Waals surface area (Å²) < 4.78 is 5.15. The lowest BCUT2D eigenvalue weighted by atomic mass is 9.91. The van der Waals surface area contributed by atoms with Crippen molar-refractivity contribution < 1.29 is 14.4 Å². The van der Waals surface area contributed by atoms with Crippen LogP contribution in [-0.2, 0) is 5.41 Å². The number of terminal acetylenes is 1. The van der Waals surface area contributed by atoms with Crippen molar-refractivity contribution in [3.63, 3.8) is 0 Å². The molecule has 1 aromatic rings. The van der Waals surface area contributed by atoms with Gasteiger partial charge in [-0.1, -0.05) is 11.1 Å². The van der Waals surface area contributed by atoms with Gasteiger partial charge in [0.25, 0.3) is 0 Å². The highest BCUT2D eigenvalue weighted by molar-refractivity contribution is 5.93. The molecule has 2 amide bonds. The number of likely N-dealkylation sites (N-methyl/N-ethyl adjacent to an activating group) is 1. The number of anilines is 1. The molecule has 0 radical (unpaired) electrons. The lowest BCUT2D eigenvalue weighted by Crippen LogP contribution is -2.35. The topological polar surface area (TPSA) is 69.8 Å². The Kier molecular flexibility index (Phi) is 3.03.